The molecule has 2 rings (SSSR count). The molecule has 0 amide bonds. The Bertz CT molecular complexity index is 519. The molecule has 0 unspecified atom stereocenters. The number of rotatable bonds is 4. The van der Waals surface area contributed by atoms with Gasteiger partial charge in [-0.15, -0.1) is 24.8 Å². The van der Waals surface area contributed by atoms with Gasteiger partial charge in [0.15, 0.2) is 0 Å². The van der Waals surface area contributed by atoms with Crippen LogP contribution in [0.4, 0.5) is 26.3 Å². The molecule has 2 heterocycles. The Morgan fingerprint density at radius 3 is 1.31 bits per heavy atom. The van der Waals surface area contributed by atoms with Crippen molar-refractivity contribution in [1.82, 2.24) is 10.6 Å². The molecule has 2 saturated heterocycles. The highest BCUT2D eigenvalue weighted by atomic mass is 35.5. The van der Waals surface area contributed by atoms with Gasteiger partial charge in [0, 0.05) is 0 Å². The molecular formula is C18H30Cl2F6N2O4. The third kappa shape index (κ3) is 11.2. The number of halogens is 8. The van der Waals surface area contributed by atoms with E-state index in [2.05, 4.69) is 20.1 Å². The molecule has 6 nitrogen and oxygen atoms in total. The zero-order chi connectivity index (χ0) is 22.9. The van der Waals surface area contributed by atoms with Gasteiger partial charge in [0.1, 0.15) is 12.1 Å². The van der Waals surface area contributed by atoms with Crippen LogP contribution in [0.5, 0.6) is 0 Å². The van der Waals surface area contributed by atoms with Gasteiger partial charge in [-0.1, -0.05) is 0 Å². The minimum Gasteiger partial charge on any atom is -0.465 e. The molecule has 14 heteroatoms. The Morgan fingerprint density at radius 2 is 1.06 bits per heavy atom. The zero-order valence-corrected chi connectivity index (χ0v) is 19.3. The number of hydrogen-bond donors (Lipinski definition) is 2. The fourth-order valence-corrected chi connectivity index (χ4v) is 3.27. The number of ether oxygens (including phenoxy) is 2. The maximum atomic E-state index is 12.4. The van der Waals surface area contributed by atoms with Crippen LogP contribution in [0.1, 0.15) is 39.5 Å². The predicted octanol–water partition coefficient (Wildman–Crippen LogP) is 3.80. The number of piperidine rings is 2. The summed E-state index contributed by atoms with van der Waals surface area (Å²) in [7, 11) is 0. The number of esters is 2. The first-order valence-corrected chi connectivity index (χ1v) is 9.83. The Hall–Kier alpha value is -0.980. The van der Waals surface area contributed by atoms with E-state index in [1.54, 1.807) is 13.8 Å². The number of hydrogen-bond acceptors (Lipinski definition) is 6. The predicted molar refractivity (Wildman–Crippen MR) is 109 cm³/mol. The highest BCUT2D eigenvalue weighted by Crippen LogP contribution is 2.35. The van der Waals surface area contributed by atoms with E-state index in [1.807, 2.05) is 0 Å². The van der Waals surface area contributed by atoms with Gasteiger partial charge in [-0.3, -0.25) is 9.59 Å². The molecule has 0 radical (unpaired) electrons. The second-order valence-corrected chi connectivity index (χ2v) is 7.04. The number of carbonyl (C=O) groups excluding carboxylic acids is 2. The lowest BCUT2D eigenvalue weighted by molar-refractivity contribution is -0.186. The van der Waals surface area contributed by atoms with Crippen LogP contribution >= 0.6 is 24.8 Å². The topological polar surface area (TPSA) is 76.7 Å². The van der Waals surface area contributed by atoms with Crippen LogP contribution in [0.25, 0.3) is 0 Å². The van der Waals surface area contributed by atoms with Gasteiger partial charge in [0.05, 0.1) is 25.0 Å². The summed E-state index contributed by atoms with van der Waals surface area (Å²) in [6, 6.07) is -1.63. The third-order valence-corrected chi connectivity index (χ3v) is 4.88. The van der Waals surface area contributed by atoms with Gasteiger partial charge in [0.2, 0.25) is 0 Å². The van der Waals surface area contributed by atoms with Crippen molar-refractivity contribution in [1.29, 1.82) is 0 Å². The van der Waals surface area contributed by atoms with E-state index in [4.69, 9.17) is 0 Å². The largest absolute Gasteiger partial charge is 0.465 e. The van der Waals surface area contributed by atoms with Crippen LogP contribution in [0.3, 0.4) is 0 Å². The molecule has 32 heavy (non-hydrogen) atoms. The van der Waals surface area contributed by atoms with Crippen molar-refractivity contribution in [3.8, 4) is 0 Å². The summed E-state index contributed by atoms with van der Waals surface area (Å²) < 4.78 is 83.7. The standard InChI is InChI=1S/2C9H14F3NO2.2ClH/c2*1-2-15-8(14)7-5-6(3-4-13-7)9(10,11)12;;/h2*6-7,13H,2-5H2,1H3;2*1H/t2*6-,7-;;/m10../s1. The molecule has 0 aliphatic carbocycles. The van der Waals surface area contributed by atoms with Crippen molar-refractivity contribution in [2.24, 2.45) is 11.8 Å². The molecule has 4 atom stereocenters. The normalized spacial score (nSPS) is 25.8. The smallest absolute Gasteiger partial charge is 0.391 e. The quantitative estimate of drug-likeness (QED) is 0.432. The summed E-state index contributed by atoms with van der Waals surface area (Å²) in [6.45, 7) is 4.03. The SMILES string of the molecule is CCOC(=O)[C@@H]1C[C@@H](C(F)(F)F)CCN1.CCOC(=O)[C@H]1C[C@H](C(F)(F)F)CCN1.Cl.Cl. The summed E-state index contributed by atoms with van der Waals surface area (Å²) in [5.41, 5.74) is 0. The summed E-state index contributed by atoms with van der Waals surface area (Å²) in [6.07, 6.45) is -8.82. The van der Waals surface area contributed by atoms with Gasteiger partial charge in [-0.05, 0) is 52.6 Å². The van der Waals surface area contributed by atoms with E-state index in [-0.39, 0.29) is 76.8 Å². The van der Waals surface area contributed by atoms with Crippen molar-refractivity contribution in [2.75, 3.05) is 26.3 Å². The minimum absolute atomic E-state index is 0. The number of alkyl halides is 6. The van der Waals surface area contributed by atoms with Gasteiger partial charge < -0.3 is 20.1 Å². The molecular weight excluding hydrogens is 493 g/mol. The van der Waals surface area contributed by atoms with Gasteiger partial charge in [-0.25, -0.2) is 0 Å². The van der Waals surface area contributed by atoms with Crippen LogP contribution in [0, 0.1) is 11.8 Å². The number of carbonyl (C=O) groups is 2. The maximum Gasteiger partial charge on any atom is 0.391 e. The summed E-state index contributed by atoms with van der Waals surface area (Å²) in [5, 5.41) is 5.46. The Kier molecular flexibility index (Phi) is 15.6. The van der Waals surface area contributed by atoms with Crippen molar-refractivity contribution in [2.45, 2.75) is 64.0 Å². The lowest BCUT2D eigenvalue weighted by atomic mass is 9.92. The maximum absolute atomic E-state index is 12.4. The first-order valence-electron chi connectivity index (χ1n) is 9.83. The van der Waals surface area contributed by atoms with Crippen LogP contribution in [0.15, 0.2) is 0 Å². The molecule has 2 aliphatic heterocycles. The van der Waals surface area contributed by atoms with Crippen LogP contribution in [-0.4, -0.2) is 62.7 Å². The molecule has 0 spiro atoms. The molecule has 0 aromatic rings. The van der Waals surface area contributed by atoms with Crippen molar-refractivity contribution in [3.63, 3.8) is 0 Å². The van der Waals surface area contributed by atoms with Crippen molar-refractivity contribution >= 4 is 36.8 Å². The van der Waals surface area contributed by atoms with E-state index in [0.717, 1.165) is 0 Å². The van der Waals surface area contributed by atoms with Gasteiger partial charge in [-0.2, -0.15) is 26.3 Å². The molecule has 0 saturated carbocycles. The molecule has 2 aliphatic rings. The fourth-order valence-electron chi connectivity index (χ4n) is 3.27. The van der Waals surface area contributed by atoms with Gasteiger partial charge in [0.25, 0.3) is 0 Å². The molecule has 2 N–H and O–H groups in total. The second-order valence-electron chi connectivity index (χ2n) is 7.04. The molecule has 0 aromatic carbocycles. The highest BCUT2D eigenvalue weighted by Gasteiger charge is 2.44. The van der Waals surface area contributed by atoms with Gasteiger partial charge >= 0.3 is 24.3 Å². The zero-order valence-electron chi connectivity index (χ0n) is 17.7. The lowest BCUT2D eigenvalue weighted by Crippen LogP contribution is -2.47. The van der Waals surface area contributed by atoms with E-state index in [0.29, 0.717) is 0 Å². The monoisotopic (exact) mass is 522 g/mol. The van der Waals surface area contributed by atoms with E-state index >= 15 is 0 Å². The van der Waals surface area contributed by atoms with E-state index < -0.39 is 48.2 Å². The molecule has 0 aromatic heterocycles. The van der Waals surface area contributed by atoms with E-state index in [1.165, 1.54) is 0 Å². The fraction of sp³-hybridized carbons (Fsp3) is 0.889. The molecule has 0 bridgehead atoms. The van der Waals surface area contributed by atoms with Crippen LogP contribution in [-0.2, 0) is 19.1 Å². The van der Waals surface area contributed by atoms with Crippen LogP contribution < -0.4 is 10.6 Å². The molecule has 2 fully saturated rings. The first-order chi connectivity index (χ1) is 13.9. The average molecular weight is 523 g/mol. The van der Waals surface area contributed by atoms with Crippen molar-refractivity contribution in [3.05, 3.63) is 0 Å². The lowest BCUT2D eigenvalue weighted by Gasteiger charge is -2.30. The van der Waals surface area contributed by atoms with Crippen LogP contribution in [0.2, 0.25) is 0 Å². The molecule has 192 valence electrons. The van der Waals surface area contributed by atoms with E-state index in [9.17, 15) is 35.9 Å². The second kappa shape index (κ2) is 15.0. The summed E-state index contributed by atoms with van der Waals surface area (Å²) in [4.78, 5) is 22.4. The number of nitrogens with one attached hydrogen (secondary N) is 2. The summed E-state index contributed by atoms with van der Waals surface area (Å²) >= 11 is 0. The Morgan fingerprint density at radius 1 is 0.750 bits per heavy atom. The van der Waals surface area contributed by atoms with Crippen molar-refractivity contribution < 1.29 is 45.4 Å². The first kappa shape index (κ1) is 33.2. The summed E-state index contributed by atoms with van der Waals surface area (Å²) in [5.74, 6) is -3.97. The average Bonchev–Trinajstić information content (AvgIpc) is 2.68. The minimum atomic E-state index is -4.22. The highest BCUT2D eigenvalue weighted by molar-refractivity contribution is 5.85. The Labute approximate surface area is 195 Å². The Balaban J connectivity index is 0. The third-order valence-electron chi connectivity index (χ3n) is 4.88.